The van der Waals surface area contributed by atoms with Gasteiger partial charge in [-0.05, 0) is 25.7 Å². The summed E-state index contributed by atoms with van der Waals surface area (Å²) in [6.45, 7) is 2.14. The molecule has 1 aliphatic carbocycles. The standard InChI is InChI=1S/C12H18ClN3O/c1-8(9-5-3-4-6-9)15-10-7-14-16(2)12(17)11(10)13/h7-9,15H,3-6H2,1-2H3. The van der Waals surface area contributed by atoms with E-state index >= 15 is 0 Å². The van der Waals surface area contributed by atoms with Gasteiger partial charge in [-0.1, -0.05) is 24.4 Å². The Labute approximate surface area is 106 Å². The molecule has 0 amide bonds. The molecule has 1 aromatic heterocycles. The summed E-state index contributed by atoms with van der Waals surface area (Å²) in [7, 11) is 1.60. The lowest BCUT2D eigenvalue weighted by atomic mass is 10.00. The van der Waals surface area contributed by atoms with Crippen molar-refractivity contribution in [3.05, 3.63) is 21.6 Å². The van der Waals surface area contributed by atoms with Crippen LogP contribution in [0.25, 0.3) is 0 Å². The minimum Gasteiger partial charge on any atom is -0.380 e. The second-order valence-electron chi connectivity index (χ2n) is 4.78. The summed E-state index contributed by atoms with van der Waals surface area (Å²) >= 11 is 6.01. The molecule has 0 aliphatic heterocycles. The number of anilines is 1. The van der Waals surface area contributed by atoms with Crippen molar-refractivity contribution in [3.8, 4) is 0 Å². The Morgan fingerprint density at radius 3 is 2.82 bits per heavy atom. The van der Waals surface area contributed by atoms with Gasteiger partial charge in [-0.25, -0.2) is 4.68 Å². The number of aromatic nitrogens is 2. The monoisotopic (exact) mass is 255 g/mol. The smallest absolute Gasteiger partial charge is 0.287 e. The van der Waals surface area contributed by atoms with E-state index in [2.05, 4.69) is 17.3 Å². The van der Waals surface area contributed by atoms with Gasteiger partial charge in [-0.2, -0.15) is 5.10 Å². The molecule has 1 N–H and O–H groups in total. The third kappa shape index (κ3) is 2.63. The number of halogens is 1. The average Bonchev–Trinajstić information content (AvgIpc) is 2.83. The maximum Gasteiger partial charge on any atom is 0.287 e. The van der Waals surface area contributed by atoms with Crippen molar-refractivity contribution in [3.63, 3.8) is 0 Å². The number of hydrogen-bond acceptors (Lipinski definition) is 3. The van der Waals surface area contributed by atoms with E-state index in [0.717, 1.165) is 0 Å². The van der Waals surface area contributed by atoms with Gasteiger partial charge in [0.25, 0.3) is 5.56 Å². The van der Waals surface area contributed by atoms with Gasteiger partial charge in [0.15, 0.2) is 0 Å². The Bertz CT molecular complexity index is 452. The quantitative estimate of drug-likeness (QED) is 0.902. The fourth-order valence-electron chi connectivity index (χ4n) is 2.43. The molecule has 1 aromatic rings. The highest BCUT2D eigenvalue weighted by molar-refractivity contribution is 6.32. The highest BCUT2D eigenvalue weighted by Crippen LogP contribution is 2.29. The largest absolute Gasteiger partial charge is 0.380 e. The Kier molecular flexibility index (Phi) is 3.72. The van der Waals surface area contributed by atoms with E-state index in [1.54, 1.807) is 13.2 Å². The van der Waals surface area contributed by atoms with Gasteiger partial charge in [0.2, 0.25) is 0 Å². The Hall–Kier alpha value is -1.03. The van der Waals surface area contributed by atoms with Crippen LogP contribution in [-0.2, 0) is 7.05 Å². The van der Waals surface area contributed by atoms with E-state index in [-0.39, 0.29) is 10.6 Å². The van der Waals surface area contributed by atoms with E-state index in [4.69, 9.17) is 11.6 Å². The number of aryl methyl sites for hydroxylation is 1. The maximum atomic E-state index is 11.6. The van der Waals surface area contributed by atoms with Crippen LogP contribution in [0.1, 0.15) is 32.6 Å². The highest BCUT2D eigenvalue weighted by Gasteiger charge is 2.22. The van der Waals surface area contributed by atoms with Gasteiger partial charge in [-0.3, -0.25) is 4.79 Å². The molecule has 1 aliphatic rings. The molecule has 5 heteroatoms. The first kappa shape index (κ1) is 12.4. The van der Waals surface area contributed by atoms with E-state index in [1.807, 2.05) is 0 Å². The molecule has 0 saturated heterocycles. The van der Waals surface area contributed by atoms with Gasteiger partial charge in [0.05, 0.1) is 11.9 Å². The molecular formula is C12H18ClN3O. The van der Waals surface area contributed by atoms with Crippen LogP contribution in [0.3, 0.4) is 0 Å². The molecule has 94 valence electrons. The van der Waals surface area contributed by atoms with Gasteiger partial charge < -0.3 is 5.32 Å². The van der Waals surface area contributed by atoms with Crippen LogP contribution in [0.2, 0.25) is 5.02 Å². The highest BCUT2D eigenvalue weighted by atomic mass is 35.5. The van der Waals surface area contributed by atoms with Crippen molar-refractivity contribution in [1.29, 1.82) is 0 Å². The van der Waals surface area contributed by atoms with Gasteiger partial charge in [-0.15, -0.1) is 0 Å². The summed E-state index contributed by atoms with van der Waals surface area (Å²) in [5, 5.41) is 7.52. The third-order valence-electron chi connectivity index (χ3n) is 3.57. The SMILES string of the molecule is CC(Nc1cnn(C)c(=O)c1Cl)C1CCCC1. The van der Waals surface area contributed by atoms with Crippen molar-refractivity contribution in [2.45, 2.75) is 38.6 Å². The zero-order valence-corrected chi connectivity index (χ0v) is 11.0. The molecule has 1 atom stereocenters. The molecule has 1 fully saturated rings. The minimum absolute atomic E-state index is 0.229. The first-order valence-corrected chi connectivity index (χ1v) is 6.45. The summed E-state index contributed by atoms with van der Waals surface area (Å²) in [6.07, 6.45) is 6.74. The van der Waals surface area contributed by atoms with Crippen LogP contribution in [0.15, 0.2) is 11.0 Å². The summed E-state index contributed by atoms with van der Waals surface area (Å²) in [6, 6.07) is 0.337. The molecule has 0 aromatic carbocycles. The molecule has 0 radical (unpaired) electrons. The lowest BCUT2D eigenvalue weighted by Gasteiger charge is -2.21. The predicted molar refractivity (Wildman–Crippen MR) is 69.5 cm³/mol. The first-order chi connectivity index (χ1) is 8.09. The van der Waals surface area contributed by atoms with Crippen LogP contribution in [0.4, 0.5) is 5.69 Å². The molecule has 4 nitrogen and oxygen atoms in total. The van der Waals surface area contributed by atoms with E-state index < -0.39 is 0 Å². The Morgan fingerprint density at radius 1 is 1.53 bits per heavy atom. The predicted octanol–water partition coefficient (Wildman–Crippen LogP) is 2.42. The fourth-order valence-corrected chi connectivity index (χ4v) is 2.66. The summed E-state index contributed by atoms with van der Waals surface area (Å²) < 4.78 is 1.24. The third-order valence-corrected chi connectivity index (χ3v) is 3.93. The van der Waals surface area contributed by atoms with Crippen molar-refractivity contribution in [2.75, 3.05) is 5.32 Å². The number of rotatable bonds is 3. The summed E-state index contributed by atoms with van der Waals surface area (Å²) in [5.41, 5.74) is 0.393. The number of hydrogen-bond donors (Lipinski definition) is 1. The van der Waals surface area contributed by atoms with Crippen LogP contribution >= 0.6 is 11.6 Å². The minimum atomic E-state index is -0.254. The van der Waals surface area contributed by atoms with Gasteiger partial charge >= 0.3 is 0 Å². The molecule has 1 saturated carbocycles. The van der Waals surface area contributed by atoms with Crippen molar-refractivity contribution < 1.29 is 0 Å². The average molecular weight is 256 g/mol. The van der Waals surface area contributed by atoms with Crippen LogP contribution < -0.4 is 10.9 Å². The summed E-state index contributed by atoms with van der Waals surface area (Å²) in [4.78, 5) is 11.6. The van der Waals surface area contributed by atoms with Crippen LogP contribution in [0.5, 0.6) is 0 Å². The Balaban J connectivity index is 2.13. The normalized spacial score (nSPS) is 18.3. The lowest BCUT2D eigenvalue weighted by Crippen LogP contribution is -2.27. The van der Waals surface area contributed by atoms with Gasteiger partial charge in [0.1, 0.15) is 5.02 Å². The number of nitrogens with one attached hydrogen (secondary N) is 1. The maximum absolute atomic E-state index is 11.6. The molecule has 1 heterocycles. The van der Waals surface area contributed by atoms with Crippen molar-refractivity contribution >= 4 is 17.3 Å². The van der Waals surface area contributed by atoms with E-state index in [9.17, 15) is 4.79 Å². The van der Waals surface area contributed by atoms with Gasteiger partial charge in [0, 0.05) is 13.1 Å². The topological polar surface area (TPSA) is 46.9 Å². The molecule has 0 bridgehead atoms. The first-order valence-electron chi connectivity index (χ1n) is 6.08. The second-order valence-corrected chi connectivity index (χ2v) is 5.16. The number of nitrogens with zero attached hydrogens (tertiary/aromatic N) is 2. The zero-order chi connectivity index (χ0) is 12.4. The van der Waals surface area contributed by atoms with Crippen LogP contribution in [0, 0.1) is 5.92 Å². The molecular weight excluding hydrogens is 238 g/mol. The van der Waals surface area contributed by atoms with Crippen molar-refractivity contribution in [2.24, 2.45) is 13.0 Å². The fraction of sp³-hybridized carbons (Fsp3) is 0.667. The molecule has 17 heavy (non-hydrogen) atoms. The lowest BCUT2D eigenvalue weighted by molar-refractivity contribution is 0.481. The molecule has 2 rings (SSSR count). The molecule has 1 unspecified atom stereocenters. The Morgan fingerprint density at radius 2 is 2.18 bits per heavy atom. The van der Waals surface area contributed by atoms with E-state index in [0.29, 0.717) is 17.6 Å². The second kappa shape index (κ2) is 5.08. The van der Waals surface area contributed by atoms with E-state index in [1.165, 1.54) is 30.4 Å². The van der Waals surface area contributed by atoms with Crippen molar-refractivity contribution in [1.82, 2.24) is 9.78 Å². The molecule has 0 spiro atoms. The zero-order valence-electron chi connectivity index (χ0n) is 10.2. The van der Waals surface area contributed by atoms with Crippen LogP contribution in [-0.4, -0.2) is 15.8 Å². The summed E-state index contributed by atoms with van der Waals surface area (Å²) in [5.74, 6) is 0.676.